The van der Waals surface area contributed by atoms with Crippen molar-refractivity contribution < 1.29 is 18.0 Å². The van der Waals surface area contributed by atoms with Gasteiger partial charge in [-0.1, -0.05) is 18.2 Å². The van der Waals surface area contributed by atoms with E-state index in [4.69, 9.17) is 0 Å². The quantitative estimate of drug-likeness (QED) is 0.908. The summed E-state index contributed by atoms with van der Waals surface area (Å²) in [7, 11) is 0. The molecule has 2 heterocycles. The Morgan fingerprint density at radius 3 is 2.71 bits per heavy atom. The summed E-state index contributed by atoms with van der Waals surface area (Å²) in [6.07, 6.45) is -0.758. The summed E-state index contributed by atoms with van der Waals surface area (Å²) in [5, 5.41) is 6.75. The number of aromatic nitrogens is 2. The molecule has 2 aromatic rings. The van der Waals surface area contributed by atoms with Crippen LogP contribution in [0.4, 0.5) is 23.7 Å². The number of hydrogen-bond donors (Lipinski definition) is 1. The molecule has 1 aliphatic rings. The van der Waals surface area contributed by atoms with Gasteiger partial charge in [-0.2, -0.15) is 18.3 Å². The maximum atomic E-state index is 12.8. The number of likely N-dealkylation sites (tertiary alicyclic amines) is 1. The summed E-state index contributed by atoms with van der Waals surface area (Å²) in [5.74, 6) is -1.45. The molecule has 2 amide bonds. The Labute approximate surface area is 137 Å². The van der Waals surface area contributed by atoms with E-state index >= 15 is 0 Å². The number of anilines is 1. The molecule has 0 aliphatic carbocycles. The number of alkyl halides is 3. The van der Waals surface area contributed by atoms with Gasteiger partial charge in [0.05, 0.1) is 29.7 Å². The summed E-state index contributed by atoms with van der Waals surface area (Å²) in [5.41, 5.74) is 1.27. The molecular weight excluding hydrogens is 321 g/mol. The topological polar surface area (TPSA) is 50.2 Å². The van der Waals surface area contributed by atoms with E-state index < -0.39 is 18.1 Å². The molecule has 1 saturated heterocycles. The zero-order valence-electron chi connectivity index (χ0n) is 12.8. The van der Waals surface area contributed by atoms with Crippen molar-refractivity contribution in [1.29, 1.82) is 0 Å². The molecule has 0 bridgehead atoms. The van der Waals surface area contributed by atoms with Gasteiger partial charge in [0.2, 0.25) is 0 Å². The van der Waals surface area contributed by atoms with E-state index in [0.717, 1.165) is 5.69 Å². The first kappa shape index (κ1) is 16.4. The Balaban J connectivity index is 1.64. The molecule has 3 rings (SSSR count). The molecule has 1 aromatic carbocycles. The zero-order chi connectivity index (χ0) is 17.2. The highest BCUT2D eigenvalue weighted by atomic mass is 19.4. The highest BCUT2D eigenvalue weighted by Gasteiger charge is 2.42. The van der Waals surface area contributed by atoms with Gasteiger partial charge in [-0.25, -0.2) is 9.48 Å². The van der Waals surface area contributed by atoms with Crippen LogP contribution in [0.2, 0.25) is 0 Å². The fraction of sp³-hybridized carbons (Fsp3) is 0.375. The second-order valence-corrected chi connectivity index (χ2v) is 5.77. The molecular formula is C16H17F3N4O. The maximum Gasteiger partial charge on any atom is 0.393 e. The van der Waals surface area contributed by atoms with Crippen LogP contribution in [0.5, 0.6) is 0 Å². The van der Waals surface area contributed by atoms with Crippen LogP contribution >= 0.6 is 0 Å². The predicted molar refractivity (Wildman–Crippen MR) is 82.9 cm³/mol. The molecule has 5 nitrogen and oxygen atoms in total. The largest absolute Gasteiger partial charge is 0.393 e. The Hall–Kier alpha value is -2.51. The molecule has 8 heteroatoms. The van der Waals surface area contributed by atoms with Crippen molar-refractivity contribution in [3.05, 3.63) is 42.7 Å². The van der Waals surface area contributed by atoms with Crippen molar-refractivity contribution in [2.24, 2.45) is 5.92 Å². The number of carbonyl (C=O) groups excluding carboxylic acids is 1. The van der Waals surface area contributed by atoms with E-state index in [1.807, 2.05) is 30.3 Å². The van der Waals surface area contributed by atoms with Crippen LogP contribution in [0.25, 0.3) is 5.69 Å². The van der Waals surface area contributed by atoms with E-state index in [1.165, 1.54) is 11.1 Å². The molecule has 1 atom stereocenters. The Morgan fingerprint density at radius 1 is 1.25 bits per heavy atom. The van der Waals surface area contributed by atoms with Crippen LogP contribution in [-0.4, -0.2) is 40.0 Å². The number of piperidine rings is 1. The number of urea groups is 1. The smallest absolute Gasteiger partial charge is 0.324 e. The van der Waals surface area contributed by atoms with Gasteiger partial charge in [-0.3, -0.25) is 0 Å². The summed E-state index contributed by atoms with van der Waals surface area (Å²) in [4.78, 5) is 13.4. The molecule has 0 spiro atoms. The number of nitrogens with zero attached hydrogens (tertiary/aromatic N) is 3. The summed E-state index contributed by atoms with van der Waals surface area (Å²) in [6.45, 7) is 0.0212. The van der Waals surface area contributed by atoms with Gasteiger partial charge in [0, 0.05) is 13.1 Å². The SMILES string of the molecule is O=C(Nc1cnn(-c2ccccc2)c1)N1CCC[C@@H](C(F)(F)F)C1. The summed E-state index contributed by atoms with van der Waals surface area (Å²) < 4.78 is 40.1. The van der Waals surface area contributed by atoms with Crippen molar-refractivity contribution >= 4 is 11.7 Å². The Morgan fingerprint density at radius 2 is 2.00 bits per heavy atom. The average molecular weight is 338 g/mol. The minimum Gasteiger partial charge on any atom is -0.324 e. The molecule has 1 aromatic heterocycles. The normalized spacial score (nSPS) is 18.5. The summed E-state index contributed by atoms with van der Waals surface area (Å²) >= 11 is 0. The number of carbonyl (C=O) groups is 1. The lowest BCUT2D eigenvalue weighted by atomic mass is 9.98. The van der Waals surface area contributed by atoms with Gasteiger partial charge in [-0.15, -0.1) is 0 Å². The highest BCUT2D eigenvalue weighted by molar-refractivity contribution is 5.89. The van der Waals surface area contributed by atoms with Crippen molar-refractivity contribution in [3.8, 4) is 5.69 Å². The fourth-order valence-electron chi connectivity index (χ4n) is 2.74. The third-order valence-corrected chi connectivity index (χ3v) is 4.03. The average Bonchev–Trinajstić information content (AvgIpc) is 3.03. The van der Waals surface area contributed by atoms with Crippen LogP contribution in [0.3, 0.4) is 0 Å². The zero-order valence-corrected chi connectivity index (χ0v) is 12.8. The van der Waals surface area contributed by atoms with Crippen molar-refractivity contribution in [2.75, 3.05) is 18.4 Å². The van der Waals surface area contributed by atoms with Gasteiger partial charge in [-0.05, 0) is 25.0 Å². The second-order valence-electron chi connectivity index (χ2n) is 5.77. The van der Waals surface area contributed by atoms with Crippen LogP contribution in [-0.2, 0) is 0 Å². The molecule has 1 N–H and O–H groups in total. The minimum atomic E-state index is -4.27. The van der Waals surface area contributed by atoms with E-state index in [-0.39, 0.29) is 13.0 Å². The van der Waals surface area contributed by atoms with E-state index in [9.17, 15) is 18.0 Å². The predicted octanol–water partition coefficient (Wildman–Crippen LogP) is 3.68. The van der Waals surface area contributed by atoms with Crippen LogP contribution in [0.1, 0.15) is 12.8 Å². The lowest BCUT2D eigenvalue weighted by molar-refractivity contribution is -0.183. The number of halogens is 3. The molecule has 1 fully saturated rings. The number of amides is 2. The molecule has 0 radical (unpaired) electrons. The number of benzene rings is 1. The molecule has 24 heavy (non-hydrogen) atoms. The summed E-state index contributed by atoms with van der Waals surface area (Å²) in [6, 6.07) is 8.79. The second kappa shape index (κ2) is 6.54. The first-order valence-corrected chi connectivity index (χ1v) is 7.66. The number of rotatable bonds is 2. The number of para-hydroxylation sites is 1. The first-order valence-electron chi connectivity index (χ1n) is 7.66. The van der Waals surface area contributed by atoms with Crippen molar-refractivity contribution in [3.63, 3.8) is 0 Å². The van der Waals surface area contributed by atoms with Crippen molar-refractivity contribution in [2.45, 2.75) is 19.0 Å². The molecule has 128 valence electrons. The van der Waals surface area contributed by atoms with E-state index in [1.54, 1.807) is 10.9 Å². The van der Waals surface area contributed by atoms with Gasteiger partial charge in [0.1, 0.15) is 0 Å². The number of hydrogen-bond acceptors (Lipinski definition) is 2. The lowest BCUT2D eigenvalue weighted by Gasteiger charge is -2.33. The van der Waals surface area contributed by atoms with Gasteiger partial charge < -0.3 is 10.2 Å². The maximum absolute atomic E-state index is 12.8. The lowest BCUT2D eigenvalue weighted by Crippen LogP contribution is -2.46. The third-order valence-electron chi connectivity index (χ3n) is 4.03. The molecule has 0 saturated carbocycles. The van der Waals surface area contributed by atoms with Gasteiger partial charge >= 0.3 is 12.2 Å². The van der Waals surface area contributed by atoms with Crippen LogP contribution in [0, 0.1) is 5.92 Å². The van der Waals surface area contributed by atoms with Gasteiger partial charge in [0.25, 0.3) is 0 Å². The van der Waals surface area contributed by atoms with E-state index in [0.29, 0.717) is 18.7 Å². The Kier molecular flexibility index (Phi) is 4.46. The van der Waals surface area contributed by atoms with Crippen molar-refractivity contribution in [1.82, 2.24) is 14.7 Å². The number of nitrogens with one attached hydrogen (secondary N) is 1. The van der Waals surface area contributed by atoms with Gasteiger partial charge in [0.15, 0.2) is 0 Å². The minimum absolute atomic E-state index is 0.0687. The Bertz CT molecular complexity index is 699. The fourth-order valence-corrected chi connectivity index (χ4v) is 2.74. The molecule has 1 aliphatic heterocycles. The standard InChI is InChI=1S/C16H17F3N4O/c17-16(18,19)12-5-4-8-22(10-12)15(24)21-13-9-20-23(11-13)14-6-2-1-3-7-14/h1-3,6-7,9,11-12H,4-5,8,10H2,(H,21,24)/t12-/m1/s1. The third kappa shape index (κ3) is 3.69. The van der Waals surface area contributed by atoms with Crippen LogP contribution in [0.15, 0.2) is 42.7 Å². The van der Waals surface area contributed by atoms with Crippen LogP contribution < -0.4 is 5.32 Å². The highest BCUT2D eigenvalue weighted by Crippen LogP contribution is 2.33. The molecule has 0 unspecified atom stereocenters. The monoisotopic (exact) mass is 338 g/mol. The van der Waals surface area contributed by atoms with E-state index in [2.05, 4.69) is 10.4 Å². The first-order chi connectivity index (χ1) is 11.4.